The van der Waals surface area contributed by atoms with Gasteiger partial charge in [-0.05, 0) is 23.3 Å². The van der Waals surface area contributed by atoms with E-state index in [-0.39, 0.29) is 23.8 Å². The molecule has 2 N–H and O–H groups in total. The second-order valence-electron chi connectivity index (χ2n) is 9.59. The Morgan fingerprint density at radius 3 is 2.47 bits per heavy atom. The number of hydrogen-bond acceptors (Lipinski definition) is 8. The molecular formula is C25H31NO8. The summed E-state index contributed by atoms with van der Waals surface area (Å²) in [6.45, 7) is 5.37. The van der Waals surface area contributed by atoms with Gasteiger partial charge in [0.05, 0.1) is 43.6 Å². The Labute approximate surface area is 198 Å². The van der Waals surface area contributed by atoms with Gasteiger partial charge in [-0.15, -0.1) is 0 Å². The lowest BCUT2D eigenvalue weighted by atomic mass is 9.95. The summed E-state index contributed by atoms with van der Waals surface area (Å²) in [5, 5.41) is 30.4. The minimum atomic E-state index is -0.728. The van der Waals surface area contributed by atoms with Crippen LogP contribution < -0.4 is 4.74 Å². The number of hydrogen-bond donors (Lipinski definition) is 2. The minimum absolute atomic E-state index is 0.0501. The van der Waals surface area contributed by atoms with Crippen LogP contribution in [0.2, 0.25) is 0 Å². The number of nitro groups is 1. The van der Waals surface area contributed by atoms with E-state index in [0.717, 1.165) is 16.7 Å². The predicted molar refractivity (Wildman–Crippen MR) is 122 cm³/mol. The lowest BCUT2D eigenvalue weighted by Gasteiger charge is -2.35. The molecule has 0 aromatic heterocycles. The first-order chi connectivity index (χ1) is 16.3. The van der Waals surface area contributed by atoms with E-state index in [9.17, 15) is 20.3 Å². The average molecular weight is 474 g/mol. The molecule has 9 heteroatoms. The number of benzene rings is 2. The van der Waals surface area contributed by atoms with Crippen LogP contribution in [-0.4, -0.2) is 53.8 Å². The highest BCUT2D eigenvalue weighted by molar-refractivity contribution is 5.40. The summed E-state index contributed by atoms with van der Waals surface area (Å²) >= 11 is 0. The summed E-state index contributed by atoms with van der Waals surface area (Å²) in [6, 6.07) is 12.1. The van der Waals surface area contributed by atoms with Crippen LogP contribution in [-0.2, 0) is 20.6 Å². The third kappa shape index (κ3) is 5.73. The number of nitro benzene ring substituents is 1. The molecule has 9 nitrogen and oxygen atoms in total. The van der Waals surface area contributed by atoms with E-state index in [1.54, 1.807) is 12.1 Å². The van der Waals surface area contributed by atoms with Crippen molar-refractivity contribution in [1.82, 2.24) is 0 Å². The van der Waals surface area contributed by atoms with E-state index < -0.39 is 23.4 Å². The van der Waals surface area contributed by atoms with Gasteiger partial charge < -0.3 is 29.2 Å². The molecule has 0 spiro atoms. The molecule has 34 heavy (non-hydrogen) atoms. The third-order valence-corrected chi connectivity index (χ3v) is 6.11. The Hall–Kier alpha value is -2.56. The van der Waals surface area contributed by atoms with Gasteiger partial charge in [-0.2, -0.15) is 0 Å². The topological polar surface area (TPSA) is 121 Å². The predicted octanol–water partition coefficient (Wildman–Crippen LogP) is 3.47. The van der Waals surface area contributed by atoms with Gasteiger partial charge in [-0.1, -0.05) is 32.0 Å². The Morgan fingerprint density at radius 2 is 1.85 bits per heavy atom. The number of non-ortho nitro benzene ring substituents is 1. The van der Waals surface area contributed by atoms with Crippen molar-refractivity contribution in [2.45, 2.75) is 51.3 Å². The van der Waals surface area contributed by atoms with Crippen LogP contribution in [0, 0.1) is 15.5 Å². The zero-order valence-electron chi connectivity index (χ0n) is 19.4. The quantitative estimate of drug-likeness (QED) is 0.442. The summed E-state index contributed by atoms with van der Waals surface area (Å²) in [5.41, 5.74) is 2.50. The van der Waals surface area contributed by atoms with Crippen LogP contribution in [0.3, 0.4) is 0 Å². The van der Waals surface area contributed by atoms with Crippen LogP contribution in [0.5, 0.6) is 5.75 Å². The van der Waals surface area contributed by atoms with Crippen molar-refractivity contribution in [3.05, 3.63) is 69.3 Å². The zero-order valence-corrected chi connectivity index (χ0v) is 19.4. The zero-order chi connectivity index (χ0) is 24.3. The largest absolute Gasteiger partial charge is 0.493 e. The lowest BCUT2D eigenvalue weighted by molar-refractivity contribution is -0.384. The fourth-order valence-electron chi connectivity index (χ4n) is 4.11. The summed E-state index contributed by atoms with van der Waals surface area (Å²) < 4.78 is 23.9. The van der Waals surface area contributed by atoms with Gasteiger partial charge in [-0.3, -0.25) is 10.1 Å². The van der Waals surface area contributed by atoms with Gasteiger partial charge >= 0.3 is 0 Å². The van der Waals surface area contributed by atoms with Crippen LogP contribution in [0.25, 0.3) is 0 Å². The Kier molecular flexibility index (Phi) is 7.49. The van der Waals surface area contributed by atoms with Crippen LogP contribution in [0.1, 0.15) is 49.4 Å². The molecular weight excluding hydrogens is 442 g/mol. The first-order valence-electron chi connectivity index (χ1n) is 11.4. The molecule has 0 aliphatic carbocycles. The third-order valence-electron chi connectivity index (χ3n) is 6.11. The average Bonchev–Trinajstić information content (AvgIpc) is 3.20. The first kappa shape index (κ1) is 24.6. The van der Waals surface area contributed by atoms with E-state index in [0.29, 0.717) is 38.4 Å². The van der Waals surface area contributed by atoms with Crippen molar-refractivity contribution in [3.8, 4) is 5.75 Å². The van der Waals surface area contributed by atoms with Gasteiger partial charge in [-0.25, -0.2) is 0 Å². The second kappa shape index (κ2) is 10.4. The highest BCUT2D eigenvalue weighted by Crippen LogP contribution is 2.39. The van der Waals surface area contributed by atoms with Gasteiger partial charge in [0, 0.05) is 36.0 Å². The second-order valence-corrected chi connectivity index (χ2v) is 9.59. The Balaban J connectivity index is 1.50. The van der Waals surface area contributed by atoms with Gasteiger partial charge in [0.15, 0.2) is 6.29 Å². The summed E-state index contributed by atoms with van der Waals surface area (Å²) in [5.74, 6) is 0.592. The smallest absolute Gasteiger partial charge is 0.269 e. The molecule has 0 bridgehead atoms. The van der Waals surface area contributed by atoms with Gasteiger partial charge in [0.25, 0.3) is 5.69 Å². The van der Waals surface area contributed by atoms with Crippen molar-refractivity contribution < 1.29 is 34.1 Å². The maximum Gasteiger partial charge on any atom is 0.269 e. The van der Waals surface area contributed by atoms with Crippen molar-refractivity contribution in [1.29, 1.82) is 0 Å². The lowest BCUT2D eigenvalue weighted by Crippen LogP contribution is -2.34. The summed E-state index contributed by atoms with van der Waals surface area (Å²) in [7, 11) is 0. The monoisotopic (exact) mass is 473 g/mol. The Morgan fingerprint density at radius 1 is 1.15 bits per heavy atom. The highest BCUT2D eigenvalue weighted by atomic mass is 16.7. The van der Waals surface area contributed by atoms with Crippen molar-refractivity contribution >= 4 is 5.69 Å². The molecule has 4 rings (SSSR count). The molecule has 2 saturated heterocycles. The van der Waals surface area contributed by atoms with E-state index in [1.165, 1.54) is 12.1 Å². The number of aliphatic hydroxyl groups excluding tert-OH is 2. The van der Waals surface area contributed by atoms with Crippen molar-refractivity contribution in [3.63, 3.8) is 0 Å². The standard InChI is InChI=1S/C25H31NO8/c1-25(2)14-32-24(33-15-25)19-8-5-17(21-12-20(28)23(13-27)34-21)11-22(19)31-10-9-16-3-6-18(7-4-16)26(29)30/h3-8,11,20-21,23-24,27-28H,9-10,12-15H2,1-2H3/t20-,21+,23+/m0/s1. The molecule has 0 unspecified atom stereocenters. The fourth-order valence-corrected chi connectivity index (χ4v) is 4.11. The SMILES string of the molecule is CC1(C)COC(c2ccc([C@H]3C[C@H](O)[C@@H](CO)O3)cc2OCCc2ccc([N+](=O)[O-])cc2)OC1. The molecule has 0 amide bonds. The van der Waals surface area contributed by atoms with Gasteiger partial charge in [0.1, 0.15) is 11.9 Å². The van der Waals surface area contributed by atoms with Gasteiger partial charge in [0.2, 0.25) is 0 Å². The Bertz CT molecular complexity index is 983. The number of ether oxygens (including phenoxy) is 4. The molecule has 2 fully saturated rings. The van der Waals surface area contributed by atoms with E-state index >= 15 is 0 Å². The molecule has 0 radical (unpaired) electrons. The summed E-state index contributed by atoms with van der Waals surface area (Å²) in [4.78, 5) is 10.4. The molecule has 2 aliphatic heterocycles. The van der Waals surface area contributed by atoms with Crippen molar-refractivity contribution in [2.75, 3.05) is 26.4 Å². The van der Waals surface area contributed by atoms with Crippen LogP contribution in [0.15, 0.2) is 42.5 Å². The molecule has 184 valence electrons. The number of aliphatic hydroxyl groups is 2. The summed E-state index contributed by atoms with van der Waals surface area (Å²) in [6.07, 6.45) is -1.30. The molecule has 3 atom stereocenters. The van der Waals surface area contributed by atoms with E-state index in [1.807, 2.05) is 18.2 Å². The van der Waals surface area contributed by atoms with Crippen LogP contribution >= 0.6 is 0 Å². The van der Waals surface area contributed by atoms with Crippen molar-refractivity contribution in [2.24, 2.45) is 5.41 Å². The fraction of sp³-hybridized carbons (Fsp3) is 0.520. The first-order valence-corrected chi connectivity index (χ1v) is 11.4. The highest BCUT2D eigenvalue weighted by Gasteiger charge is 2.35. The minimum Gasteiger partial charge on any atom is -0.493 e. The molecule has 2 aromatic rings. The van der Waals surface area contributed by atoms with Crippen LogP contribution in [0.4, 0.5) is 5.69 Å². The molecule has 2 heterocycles. The number of nitrogens with zero attached hydrogens (tertiary/aromatic N) is 1. The maximum absolute atomic E-state index is 10.9. The van der Waals surface area contributed by atoms with E-state index in [2.05, 4.69) is 13.8 Å². The number of rotatable bonds is 8. The maximum atomic E-state index is 10.9. The molecule has 2 aromatic carbocycles. The molecule has 0 saturated carbocycles. The normalized spacial score (nSPS) is 24.8. The molecule has 2 aliphatic rings. The van der Waals surface area contributed by atoms with E-state index in [4.69, 9.17) is 18.9 Å².